The number of allylic oxidation sites excluding steroid dienone is 1. The molecule has 0 N–H and O–H groups in total. The van der Waals surface area contributed by atoms with Gasteiger partial charge in [-0.15, -0.1) is 0 Å². The average molecular weight is 301 g/mol. The van der Waals surface area contributed by atoms with Crippen molar-refractivity contribution in [2.75, 3.05) is 27.3 Å². The van der Waals surface area contributed by atoms with Gasteiger partial charge in [0, 0.05) is 17.9 Å². The molecule has 0 saturated carbocycles. The quantitative estimate of drug-likeness (QED) is 0.857. The zero-order valence-corrected chi connectivity index (χ0v) is 13.5. The van der Waals surface area contributed by atoms with E-state index in [9.17, 15) is 4.79 Å². The van der Waals surface area contributed by atoms with Crippen LogP contribution in [0, 0.1) is 0 Å². The van der Waals surface area contributed by atoms with E-state index in [1.165, 1.54) is 5.56 Å². The van der Waals surface area contributed by atoms with E-state index in [1.807, 2.05) is 6.07 Å². The number of likely N-dealkylation sites (tertiary alicyclic amines) is 1. The molecule has 0 amide bonds. The lowest BCUT2D eigenvalue weighted by Crippen LogP contribution is -2.44. The Bertz CT molecular complexity index is 610. The molecule has 1 aromatic carbocycles. The molecule has 1 aliphatic heterocycles. The maximum atomic E-state index is 11.9. The van der Waals surface area contributed by atoms with Gasteiger partial charge in [0.15, 0.2) is 17.3 Å². The van der Waals surface area contributed by atoms with Crippen LogP contribution < -0.4 is 9.47 Å². The van der Waals surface area contributed by atoms with Crippen LogP contribution in [0.1, 0.15) is 25.3 Å². The van der Waals surface area contributed by atoms with Crippen molar-refractivity contribution in [3.8, 4) is 11.5 Å². The van der Waals surface area contributed by atoms with Crippen LogP contribution in [-0.2, 0) is 10.2 Å². The van der Waals surface area contributed by atoms with Crippen LogP contribution in [0.25, 0.3) is 0 Å². The van der Waals surface area contributed by atoms with Gasteiger partial charge in [-0.1, -0.05) is 19.1 Å². The molecule has 1 saturated heterocycles. The van der Waals surface area contributed by atoms with Gasteiger partial charge in [-0.25, -0.2) is 0 Å². The third kappa shape index (κ3) is 2.22. The fourth-order valence-corrected chi connectivity index (χ4v) is 3.92. The summed E-state index contributed by atoms with van der Waals surface area (Å²) in [7, 11) is 3.30. The lowest BCUT2D eigenvalue weighted by molar-refractivity contribution is -0.116. The average Bonchev–Trinajstić information content (AvgIpc) is 2.93. The van der Waals surface area contributed by atoms with Crippen LogP contribution in [0.3, 0.4) is 0 Å². The predicted octanol–water partition coefficient (Wildman–Crippen LogP) is 2.56. The second-order valence-electron chi connectivity index (χ2n) is 6.01. The summed E-state index contributed by atoms with van der Waals surface area (Å²) in [6.45, 7) is 4.15. The molecule has 1 fully saturated rings. The molecule has 1 heterocycles. The Kier molecular flexibility index (Phi) is 3.96. The standard InChI is InChI=1S/C18H23NO3/c1-4-19-10-9-18(8-7-14(20)12-17(18)19)13-5-6-15(21-2)16(11-13)22-3/h5-8,11,17H,4,9-10,12H2,1-3H3/t17?,18-/m0/s1. The first-order valence-electron chi connectivity index (χ1n) is 7.83. The number of likely N-dealkylation sites (N-methyl/N-ethyl adjacent to an activating group) is 1. The summed E-state index contributed by atoms with van der Waals surface area (Å²) in [5.74, 6) is 1.70. The van der Waals surface area contributed by atoms with Crippen molar-refractivity contribution in [3.63, 3.8) is 0 Å². The maximum Gasteiger partial charge on any atom is 0.161 e. The maximum absolute atomic E-state index is 11.9. The second kappa shape index (κ2) is 5.76. The molecule has 1 aliphatic carbocycles. The summed E-state index contributed by atoms with van der Waals surface area (Å²) >= 11 is 0. The smallest absolute Gasteiger partial charge is 0.161 e. The number of benzene rings is 1. The highest BCUT2D eigenvalue weighted by molar-refractivity contribution is 5.92. The van der Waals surface area contributed by atoms with Crippen LogP contribution in [0.2, 0.25) is 0 Å². The number of carbonyl (C=O) groups excluding carboxylic acids is 1. The first-order chi connectivity index (χ1) is 10.6. The highest BCUT2D eigenvalue weighted by atomic mass is 16.5. The van der Waals surface area contributed by atoms with Gasteiger partial charge >= 0.3 is 0 Å². The zero-order valence-electron chi connectivity index (χ0n) is 13.5. The van der Waals surface area contributed by atoms with Crippen molar-refractivity contribution in [1.82, 2.24) is 4.90 Å². The SMILES string of the molecule is CCN1CC[C@]2(c3ccc(OC)c(OC)c3)C=CC(=O)CC12. The van der Waals surface area contributed by atoms with Gasteiger partial charge in [0.1, 0.15) is 0 Å². The Hall–Kier alpha value is -1.81. The molecule has 0 radical (unpaired) electrons. The van der Waals surface area contributed by atoms with Gasteiger partial charge in [0.2, 0.25) is 0 Å². The van der Waals surface area contributed by atoms with Gasteiger partial charge < -0.3 is 9.47 Å². The highest BCUT2D eigenvalue weighted by Gasteiger charge is 2.48. The van der Waals surface area contributed by atoms with Gasteiger partial charge in [-0.3, -0.25) is 9.69 Å². The van der Waals surface area contributed by atoms with Crippen molar-refractivity contribution in [2.24, 2.45) is 0 Å². The minimum atomic E-state index is -0.0938. The van der Waals surface area contributed by atoms with Gasteiger partial charge in [0.05, 0.1) is 14.2 Å². The molecule has 2 atom stereocenters. The third-order valence-corrected chi connectivity index (χ3v) is 5.14. The van der Waals surface area contributed by atoms with E-state index in [1.54, 1.807) is 20.3 Å². The van der Waals surface area contributed by atoms with Crippen molar-refractivity contribution in [2.45, 2.75) is 31.2 Å². The van der Waals surface area contributed by atoms with E-state index >= 15 is 0 Å². The summed E-state index contributed by atoms with van der Waals surface area (Å²) < 4.78 is 10.8. The second-order valence-corrected chi connectivity index (χ2v) is 6.01. The molecular formula is C18H23NO3. The van der Waals surface area contributed by atoms with E-state index in [-0.39, 0.29) is 17.2 Å². The van der Waals surface area contributed by atoms with Crippen molar-refractivity contribution in [1.29, 1.82) is 0 Å². The van der Waals surface area contributed by atoms with Gasteiger partial charge in [-0.05, 0) is 43.3 Å². The Morgan fingerprint density at radius 2 is 2.05 bits per heavy atom. The number of rotatable bonds is 4. The number of hydrogen-bond acceptors (Lipinski definition) is 4. The molecular weight excluding hydrogens is 278 g/mol. The summed E-state index contributed by atoms with van der Waals surface area (Å²) in [4.78, 5) is 14.3. The van der Waals surface area contributed by atoms with Crippen LogP contribution in [0.5, 0.6) is 11.5 Å². The van der Waals surface area contributed by atoms with Crippen molar-refractivity contribution < 1.29 is 14.3 Å². The first kappa shape index (κ1) is 15.1. The van der Waals surface area contributed by atoms with Crippen molar-refractivity contribution >= 4 is 5.78 Å². The predicted molar refractivity (Wildman–Crippen MR) is 85.6 cm³/mol. The first-order valence-corrected chi connectivity index (χ1v) is 7.83. The molecule has 22 heavy (non-hydrogen) atoms. The van der Waals surface area contributed by atoms with Crippen LogP contribution >= 0.6 is 0 Å². The number of ketones is 1. The Labute approximate surface area is 131 Å². The van der Waals surface area contributed by atoms with Crippen LogP contribution in [0.4, 0.5) is 0 Å². The number of methoxy groups -OCH3 is 2. The highest BCUT2D eigenvalue weighted by Crippen LogP contribution is 2.46. The number of hydrogen-bond donors (Lipinski definition) is 0. The Balaban J connectivity index is 2.08. The monoisotopic (exact) mass is 301 g/mol. The fraction of sp³-hybridized carbons (Fsp3) is 0.500. The molecule has 4 heteroatoms. The van der Waals surface area contributed by atoms with Crippen LogP contribution in [0.15, 0.2) is 30.4 Å². The Morgan fingerprint density at radius 1 is 1.27 bits per heavy atom. The molecule has 1 aromatic rings. The van der Waals surface area contributed by atoms with E-state index < -0.39 is 0 Å². The number of carbonyl (C=O) groups is 1. The number of nitrogens with zero attached hydrogens (tertiary/aromatic N) is 1. The van der Waals surface area contributed by atoms with Gasteiger partial charge in [0.25, 0.3) is 0 Å². The van der Waals surface area contributed by atoms with E-state index in [0.717, 1.165) is 31.0 Å². The van der Waals surface area contributed by atoms with E-state index in [0.29, 0.717) is 6.42 Å². The molecule has 0 spiro atoms. The molecule has 0 bridgehead atoms. The molecule has 4 nitrogen and oxygen atoms in total. The molecule has 3 rings (SSSR count). The summed E-state index contributed by atoms with van der Waals surface area (Å²) in [5, 5.41) is 0. The minimum absolute atomic E-state index is 0.0938. The molecule has 1 unspecified atom stereocenters. The van der Waals surface area contributed by atoms with Gasteiger partial charge in [-0.2, -0.15) is 0 Å². The number of ether oxygens (including phenoxy) is 2. The van der Waals surface area contributed by atoms with E-state index in [2.05, 4.69) is 30.0 Å². The van der Waals surface area contributed by atoms with E-state index in [4.69, 9.17) is 9.47 Å². The zero-order chi connectivity index (χ0) is 15.7. The third-order valence-electron chi connectivity index (χ3n) is 5.14. The number of fused-ring (bicyclic) bond motifs is 1. The lowest BCUT2D eigenvalue weighted by atomic mass is 9.69. The summed E-state index contributed by atoms with van der Waals surface area (Å²) in [6.07, 6.45) is 5.50. The minimum Gasteiger partial charge on any atom is -0.493 e. The summed E-state index contributed by atoms with van der Waals surface area (Å²) in [5.41, 5.74) is 1.11. The largest absolute Gasteiger partial charge is 0.493 e. The normalized spacial score (nSPS) is 27.8. The molecule has 118 valence electrons. The van der Waals surface area contributed by atoms with Crippen molar-refractivity contribution in [3.05, 3.63) is 35.9 Å². The Morgan fingerprint density at radius 3 is 2.73 bits per heavy atom. The topological polar surface area (TPSA) is 38.8 Å². The van der Waals surface area contributed by atoms with Crippen LogP contribution in [-0.4, -0.2) is 44.0 Å². The lowest BCUT2D eigenvalue weighted by Gasteiger charge is -2.38. The summed E-state index contributed by atoms with van der Waals surface area (Å²) in [6, 6.07) is 6.37. The molecule has 0 aromatic heterocycles. The molecule has 2 aliphatic rings. The fourth-order valence-electron chi connectivity index (χ4n) is 3.92.